The molecule has 1 aliphatic heterocycles. The molecule has 5 nitrogen and oxygen atoms in total. The molecule has 1 atom stereocenters. The van der Waals surface area contributed by atoms with Gasteiger partial charge in [0.05, 0.1) is 5.56 Å². The molecule has 0 spiro atoms. The number of anilines is 1. The van der Waals surface area contributed by atoms with Crippen LogP contribution in [0.5, 0.6) is 0 Å². The number of carbonyl (C=O) groups excluding carboxylic acids is 1. The molecule has 0 aromatic carbocycles. The zero-order chi connectivity index (χ0) is 13.0. The first-order chi connectivity index (χ1) is 8.74. The highest BCUT2D eigenvalue weighted by Crippen LogP contribution is 2.18. The molecule has 1 unspecified atom stereocenters. The van der Waals surface area contributed by atoms with Crippen molar-refractivity contribution in [1.29, 1.82) is 0 Å². The lowest BCUT2D eigenvalue weighted by Gasteiger charge is -2.31. The maximum atomic E-state index is 12.2. The molecule has 1 aliphatic rings. The lowest BCUT2D eigenvalue weighted by Crippen LogP contribution is -2.40. The molecule has 0 radical (unpaired) electrons. The van der Waals surface area contributed by atoms with Crippen LogP contribution in [0.25, 0.3) is 0 Å². The van der Waals surface area contributed by atoms with Gasteiger partial charge in [-0.1, -0.05) is 0 Å². The summed E-state index contributed by atoms with van der Waals surface area (Å²) in [5.41, 5.74) is 0.604. The smallest absolute Gasteiger partial charge is 0.255 e. The van der Waals surface area contributed by atoms with Crippen LogP contribution in [0.3, 0.4) is 0 Å². The van der Waals surface area contributed by atoms with Crippen LogP contribution in [0.4, 0.5) is 5.82 Å². The Morgan fingerprint density at radius 1 is 1.61 bits per heavy atom. The number of amides is 1. The van der Waals surface area contributed by atoms with E-state index in [2.05, 4.69) is 10.3 Å². The number of aliphatic hydroxyl groups is 1. The average Bonchev–Trinajstić information content (AvgIpc) is 2.46. The van der Waals surface area contributed by atoms with Crippen LogP contribution in [0.1, 0.15) is 23.2 Å². The van der Waals surface area contributed by atoms with E-state index in [-0.39, 0.29) is 18.4 Å². The highest BCUT2D eigenvalue weighted by Gasteiger charge is 2.24. The summed E-state index contributed by atoms with van der Waals surface area (Å²) in [5, 5.41) is 12.1. The number of aromatic nitrogens is 1. The monoisotopic (exact) mass is 249 g/mol. The molecular weight excluding hydrogens is 230 g/mol. The minimum absolute atomic E-state index is 0.00306. The summed E-state index contributed by atoms with van der Waals surface area (Å²) in [6, 6.07) is 3.57. The molecule has 1 fully saturated rings. The molecule has 0 aliphatic carbocycles. The first-order valence-electron chi connectivity index (χ1n) is 6.28. The molecule has 0 bridgehead atoms. The minimum atomic E-state index is 0.00306. The van der Waals surface area contributed by atoms with Gasteiger partial charge in [-0.2, -0.15) is 0 Å². The Balaban J connectivity index is 2.05. The molecule has 2 N–H and O–H groups in total. The Hall–Kier alpha value is -1.62. The van der Waals surface area contributed by atoms with E-state index in [1.165, 1.54) is 0 Å². The third-order valence-electron chi connectivity index (χ3n) is 3.33. The fourth-order valence-corrected chi connectivity index (χ4v) is 2.25. The van der Waals surface area contributed by atoms with Crippen LogP contribution in [-0.4, -0.2) is 47.6 Å². The third kappa shape index (κ3) is 2.79. The molecule has 98 valence electrons. The van der Waals surface area contributed by atoms with Crippen LogP contribution in [0, 0.1) is 5.92 Å². The highest BCUT2D eigenvalue weighted by molar-refractivity contribution is 5.94. The van der Waals surface area contributed by atoms with Crippen molar-refractivity contribution in [1.82, 2.24) is 9.88 Å². The van der Waals surface area contributed by atoms with Crippen molar-refractivity contribution in [3.63, 3.8) is 0 Å². The number of nitrogens with zero attached hydrogens (tertiary/aromatic N) is 2. The lowest BCUT2D eigenvalue weighted by molar-refractivity contribution is 0.0620. The standard InChI is InChI=1S/C13H19N3O2/c1-14-12-5-4-11(7-15-12)13(18)16-6-2-3-10(8-16)9-17/h4-5,7,10,17H,2-3,6,8-9H2,1H3,(H,14,15). The fraction of sp³-hybridized carbons (Fsp3) is 0.538. The summed E-state index contributed by atoms with van der Waals surface area (Å²) in [4.78, 5) is 18.2. The quantitative estimate of drug-likeness (QED) is 0.837. The molecule has 0 saturated carbocycles. The number of nitrogens with one attached hydrogen (secondary N) is 1. The van der Waals surface area contributed by atoms with Gasteiger partial charge in [-0.15, -0.1) is 0 Å². The van der Waals surface area contributed by atoms with E-state index < -0.39 is 0 Å². The predicted octanol–water partition coefficient (Wildman–Crippen LogP) is 0.968. The van der Waals surface area contributed by atoms with Crippen molar-refractivity contribution < 1.29 is 9.90 Å². The second-order valence-corrected chi connectivity index (χ2v) is 4.62. The average molecular weight is 249 g/mol. The second kappa shape index (κ2) is 5.82. The van der Waals surface area contributed by atoms with Gasteiger partial charge in [0.2, 0.25) is 0 Å². The maximum Gasteiger partial charge on any atom is 0.255 e. The molecule has 2 rings (SSSR count). The molecule has 1 amide bonds. The highest BCUT2D eigenvalue weighted by atomic mass is 16.3. The number of likely N-dealkylation sites (tertiary alicyclic amines) is 1. The van der Waals surface area contributed by atoms with Gasteiger partial charge >= 0.3 is 0 Å². The van der Waals surface area contributed by atoms with E-state index in [1.54, 1.807) is 30.3 Å². The maximum absolute atomic E-state index is 12.2. The zero-order valence-corrected chi connectivity index (χ0v) is 10.6. The van der Waals surface area contributed by atoms with Crippen molar-refractivity contribution in [2.24, 2.45) is 5.92 Å². The molecule has 2 heterocycles. The van der Waals surface area contributed by atoms with E-state index in [4.69, 9.17) is 0 Å². The number of piperidine rings is 1. The molecule has 1 saturated heterocycles. The summed E-state index contributed by atoms with van der Waals surface area (Å²) in [5.74, 6) is 0.967. The van der Waals surface area contributed by atoms with Gasteiger partial charge < -0.3 is 15.3 Å². The summed E-state index contributed by atoms with van der Waals surface area (Å²) < 4.78 is 0. The van der Waals surface area contributed by atoms with Gasteiger partial charge in [0, 0.05) is 32.9 Å². The van der Waals surface area contributed by atoms with Crippen LogP contribution in [-0.2, 0) is 0 Å². The number of hydrogen-bond donors (Lipinski definition) is 2. The van der Waals surface area contributed by atoms with E-state index in [0.29, 0.717) is 12.1 Å². The van der Waals surface area contributed by atoms with Gasteiger partial charge in [-0.25, -0.2) is 4.98 Å². The molecule has 18 heavy (non-hydrogen) atoms. The van der Waals surface area contributed by atoms with Gasteiger partial charge in [0.15, 0.2) is 0 Å². The van der Waals surface area contributed by atoms with E-state index in [9.17, 15) is 9.90 Å². The first kappa shape index (κ1) is 12.8. The lowest BCUT2D eigenvalue weighted by atomic mass is 9.98. The topological polar surface area (TPSA) is 65.5 Å². The number of pyridine rings is 1. The fourth-order valence-electron chi connectivity index (χ4n) is 2.25. The Kier molecular flexibility index (Phi) is 4.15. The SMILES string of the molecule is CNc1ccc(C(=O)N2CCCC(CO)C2)cn1. The van der Waals surface area contributed by atoms with Crippen LogP contribution in [0.15, 0.2) is 18.3 Å². The number of carbonyl (C=O) groups is 1. The summed E-state index contributed by atoms with van der Waals surface area (Å²) in [6.07, 6.45) is 3.55. The number of hydrogen-bond acceptors (Lipinski definition) is 4. The zero-order valence-electron chi connectivity index (χ0n) is 10.6. The van der Waals surface area contributed by atoms with E-state index in [0.717, 1.165) is 25.2 Å². The van der Waals surface area contributed by atoms with Gasteiger partial charge in [0.25, 0.3) is 5.91 Å². The molecule has 5 heteroatoms. The third-order valence-corrected chi connectivity index (χ3v) is 3.33. The van der Waals surface area contributed by atoms with Crippen molar-refractivity contribution in [3.05, 3.63) is 23.9 Å². The van der Waals surface area contributed by atoms with Crippen LogP contribution in [0.2, 0.25) is 0 Å². The van der Waals surface area contributed by atoms with E-state index >= 15 is 0 Å². The number of aliphatic hydroxyl groups excluding tert-OH is 1. The first-order valence-corrected chi connectivity index (χ1v) is 6.28. The van der Waals surface area contributed by atoms with E-state index in [1.807, 2.05) is 0 Å². The Morgan fingerprint density at radius 3 is 3.06 bits per heavy atom. The van der Waals surface area contributed by atoms with Crippen molar-refractivity contribution >= 4 is 11.7 Å². The summed E-state index contributed by atoms with van der Waals surface area (Å²) in [7, 11) is 1.79. The Morgan fingerprint density at radius 2 is 2.44 bits per heavy atom. The Labute approximate surface area is 107 Å². The van der Waals surface area contributed by atoms with Gasteiger partial charge in [-0.05, 0) is 30.9 Å². The largest absolute Gasteiger partial charge is 0.396 e. The summed E-state index contributed by atoms with van der Waals surface area (Å²) >= 11 is 0. The summed E-state index contributed by atoms with van der Waals surface area (Å²) in [6.45, 7) is 1.56. The van der Waals surface area contributed by atoms with Crippen LogP contribution < -0.4 is 5.32 Å². The number of rotatable bonds is 3. The molecule has 1 aromatic rings. The van der Waals surface area contributed by atoms with Crippen molar-refractivity contribution in [2.45, 2.75) is 12.8 Å². The normalized spacial score (nSPS) is 19.7. The Bertz CT molecular complexity index is 405. The minimum Gasteiger partial charge on any atom is -0.396 e. The molecule has 1 aromatic heterocycles. The van der Waals surface area contributed by atoms with Crippen molar-refractivity contribution in [3.8, 4) is 0 Å². The van der Waals surface area contributed by atoms with Crippen LogP contribution >= 0.6 is 0 Å². The molecular formula is C13H19N3O2. The van der Waals surface area contributed by atoms with Gasteiger partial charge in [0.1, 0.15) is 5.82 Å². The van der Waals surface area contributed by atoms with Crippen molar-refractivity contribution in [2.75, 3.05) is 32.1 Å². The second-order valence-electron chi connectivity index (χ2n) is 4.62. The predicted molar refractivity (Wildman–Crippen MR) is 69.5 cm³/mol. The van der Waals surface area contributed by atoms with Gasteiger partial charge in [-0.3, -0.25) is 4.79 Å².